The number of halogens is 4. The van der Waals surface area contributed by atoms with E-state index in [1.165, 1.54) is 0 Å². The van der Waals surface area contributed by atoms with Gasteiger partial charge in [-0.1, -0.05) is 23.2 Å². The first-order chi connectivity index (χ1) is 3.25. The van der Waals surface area contributed by atoms with Crippen LogP contribution < -0.4 is 0 Å². The molecule has 0 radical (unpaired) electrons. The molecule has 0 bridgehead atoms. The highest BCUT2D eigenvalue weighted by Gasteiger charge is 2.42. The minimum atomic E-state index is -2.49. The molecule has 0 spiro atoms. The summed E-state index contributed by atoms with van der Waals surface area (Å²) in [5.41, 5.74) is 0. The maximum Gasteiger partial charge on any atom is 0.227 e. The predicted octanol–water partition coefficient (Wildman–Crippen LogP) is 2.84. The van der Waals surface area contributed by atoms with Crippen LogP contribution in [0, 0.1) is 0 Å². The van der Waals surface area contributed by atoms with Gasteiger partial charge in [0.1, 0.15) is 0 Å². The molecule has 0 nitrogen and oxygen atoms in total. The minimum Gasteiger partial charge on any atom is -0.222 e. The third-order valence-electron chi connectivity index (χ3n) is 0.771. The molecule has 0 heterocycles. The van der Waals surface area contributed by atoms with Gasteiger partial charge in [-0.15, -0.1) is 0 Å². The first-order valence-electron chi connectivity index (χ1n) is 2.01. The van der Waals surface area contributed by atoms with Gasteiger partial charge in [-0.05, 0) is 13.8 Å². The van der Waals surface area contributed by atoms with Gasteiger partial charge in [-0.25, -0.2) is 8.78 Å². The zero-order chi connectivity index (χ0) is 7.00. The van der Waals surface area contributed by atoms with Gasteiger partial charge in [-0.2, -0.15) is 0 Å². The van der Waals surface area contributed by atoms with Gasteiger partial charge in [0.15, 0.2) is 0 Å². The Morgan fingerprint density at radius 1 is 1.00 bits per heavy atom. The molecule has 2 atom stereocenters. The molecule has 0 saturated carbocycles. The highest BCUT2D eigenvalue weighted by atomic mass is 35.5. The Balaban J connectivity index is 4.02. The molecule has 0 amide bonds. The molecule has 0 aromatic heterocycles. The summed E-state index contributed by atoms with van der Waals surface area (Å²) < 4.78 is 24.3. The normalized spacial score (nSPS) is 26.2. The number of rotatable bonds is 1. The summed E-state index contributed by atoms with van der Waals surface area (Å²) in [7, 11) is 0. The highest BCUT2D eigenvalue weighted by molar-refractivity contribution is 6.32. The molecule has 2 unspecified atom stereocenters. The summed E-state index contributed by atoms with van der Waals surface area (Å²) in [6.07, 6.45) is 0. The average Bonchev–Trinajstić information content (AvgIpc) is 1.25. The largest absolute Gasteiger partial charge is 0.227 e. The van der Waals surface area contributed by atoms with Crippen LogP contribution in [0.2, 0.25) is 0 Å². The summed E-state index contributed by atoms with van der Waals surface area (Å²) in [6.45, 7) is 1.73. The van der Waals surface area contributed by atoms with E-state index in [0.29, 0.717) is 0 Å². The van der Waals surface area contributed by atoms with Crippen LogP contribution in [0.4, 0.5) is 8.78 Å². The van der Waals surface area contributed by atoms with Gasteiger partial charge >= 0.3 is 0 Å². The van der Waals surface area contributed by atoms with Crippen molar-refractivity contribution < 1.29 is 8.78 Å². The zero-order valence-electron chi connectivity index (χ0n) is 4.51. The van der Waals surface area contributed by atoms with Gasteiger partial charge in [0.05, 0.1) is 0 Å². The molecular formula is C4H6Cl2F2. The third-order valence-corrected chi connectivity index (χ3v) is 1.58. The molecule has 0 saturated heterocycles. The molecular weight excluding hydrogens is 157 g/mol. The molecule has 50 valence electrons. The maximum absolute atomic E-state index is 12.2. The molecule has 4 heteroatoms. The van der Waals surface area contributed by atoms with Gasteiger partial charge in [-0.3, -0.25) is 0 Å². The van der Waals surface area contributed by atoms with Crippen molar-refractivity contribution in [2.45, 2.75) is 24.1 Å². The summed E-state index contributed by atoms with van der Waals surface area (Å²) >= 11 is 9.67. The second kappa shape index (κ2) is 1.99. The summed E-state index contributed by atoms with van der Waals surface area (Å²) in [5.74, 6) is 0. The SMILES string of the molecule is CC(F)(Cl)C(C)(F)Cl. The molecule has 0 rings (SSSR count). The summed E-state index contributed by atoms with van der Waals surface area (Å²) in [4.78, 5) is 0. The van der Waals surface area contributed by atoms with E-state index < -0.39 is 10.3 Å². The molecule has 8 heavy (non-hydrogen) atoms. The third kappa shape index (κ3) is 2.14. The smallest absolute Gasteiger partial charge is 0.222 e. The number of hydrogen-bond acceptors (Lipinski definition) is 0. The molecule has 0 aromatic rings. The van der Waals surface area contributed by atoms with Gasteiger partial charge in [0, 0.05) is 0 Å². The van der Waals surface area contributed by atoms with E-state index in [4.69, 9.17) is 23.2 Å². The Hall–Kier alpha value is 0.440. The molecule has 0 aromatic carbocycles. The molecule has 0 aliphatic heterocycles. The second-order valence-electron chi connectivity index (χ2n) is 1.78. The van der Waals surface area contributed by atoms with E-state index in [9.17, 15) is 8.78 Å². The van der Waals surface area contributed by atoms with Gasteiger partial charge in [0.25, 0.3) is 0 Å². The Morgan fingerprint density at radius 2 is 1.12 bits per heavy atom. The summed E-state index contributed by atoms with van der Waals surface area (Å²) in [5, 5.41) is -4.98. The molecule has 0 aliphatic carbocycles. The van der Waals surface area contributed by atoms with Crippen LogP contribution in [0.15, 0.2) is 0 Å². The monoisotopic (exact) mass is 162 g/mol. The lowest BCUT2D eigenvalue weighted by Crippen LogP contribution is -2.31. The van der Waals surface area contributed by atoms with Crippen molar-refractivity contribution in [3.63, 3.8) is 0 Å². The zero-order valence-corrected chi connectivity index (χ0v) is 6.02. The summed E-state index contributed by atoms with van der Waals surface area (Å²) in [6, 6.07) is 0. The van der Waals surface area contributed by atoms with E-state index in [0.717, 1.165) is 13.8 Å². The van der Waals surface area contributed by atoms with Crippen molar-refractivity contribution >= 4 is 23.2 Å². The van der Waals surface area contributed by atoms with Gasteiger partial charge < -0.3 is 0 Å². The fourth-order valence-electron chi connectivity index (χ4n) is 0. The quantitative estimate of drug-likeness (QED) is 0.521. The number of hydrogen-bond donors (Lipinski definition) is 0. The Labute approximate surface area is 56.8 Å². The van der Waals surface area contributed by atoms with Gasteiger partial charge in [0.2, 0.25) is 10.3 Å². The molecule has 0 aliphatic rings. The van der Waals surface area contributed by atoms with Crippen LogP contribution in [0.5, 0.6) is 0 Å². The lowest BCUT2D eigenvalue weighted by atomic mass is 10.3. The fraction of sp³-hybridized carbons (Fsp3) is 1.00. The van der Waals surface area contributed by atoms with Crippen molar-refractivity contribution in [2.24, 2.45) is 0 Å². The van der Waals surface area contributed by atoms with Crippen LogP contribution in [-0.2, 0) is 0 Å². The van der Waals surface area contributed by atoms with Crippen molar-refractivity contribution in [3.05, 3.63) is 0 Å². The van der Waals surface area contributed by atoms with E-state index in [-0.39, 0.29) is 0 Å². The standard InChI is InChI=1S/C4H6Cl2F2/c1-3(5,7)4(2,6)8/h1-2H3. The van der Waals surface area contributed by atoms with E-state index in [2.05, 4.69) is 0 Å². The van der Waals surface area contributed by atoms with Crippen molar-refractivity contribution in [2.75, 3.05) is 0 Å². The first kappa shape index (κ1) is 8.44. The van der Waals surface area contributed by atoms with Crippen LogP contribution in [0.3, 0.4) is 0 Å². The highest BCUT2D eigenvalue weighted by Crippen LogP contribution is 2.36. The first-order valence-corrected chi connectivity index (χ1v) is 2.76. The Kier molecular flexibility index (Phi) is 2.10. The average molecular weight is 163 g/mol. The van der Waals surface area contributed by atoms with Crippen LogP contribution in [0.1, 0.15) is 13.8 Å². The second-order valence-corrected chi connectivity index (χ2v) is 3.20. The minimum absolute atomic E-state index is 0.863. The van der Waals surface area contributed by atoms with E-state index in [1.54, 1.807) is 0 Å². The number of alkyl halides is 4. The molecule has 0 fully saturated rings. The Bertz CT molecular complexity index is 67.0. The van der Waals surface area contributed by atoms with Crippen molar-refractivity contribution in [1.82, 2.24) is 0 Å². The van der Waals surface area contributed by atoms with Crippen LogP contribution in [0.25, 0.3) is 0 Å². The molecule has 0 N–H and O–H groups in total. The van der Waals surface area contributed by atoms with Crippen molar-refractivity contribution in [3.8, 4) is 0 Å². The topological polar surface area (TPSA) is 0 Å². The predicted molar refractivity (Wildman–Crippen MR) is 30.7 cm³/mol. The van der Waals surface area contributed by atoms with Crippen molar-refractivity contribution in [1.29, 1.82) is 0 Å². The maximum atomic E-state index is 12.2. The van der Waals surface area contributed by atoms with Crippen LogP contribution in [-0.4, -0.2) is 10.3 Å². The van der Waals surface area contributed by atoms with E-state index >= 15 is 0 Å². The fourth-order valence-corrected chi connectivity index (χ4v) is 0. The Morgan fingerprint density at radius 3 is 1.12 bits per heavy atom. The lowest BCUT2D eigenvalue weighted by molar-refractivity contribution is 0.123. The lowest BCUT2D eigenvalue weighted by Gasteiger charge is -2.20. The van der Waals surface area contributed by atoms with Crippen LogP contribution >= 0.6 is 23.2 Å². The van der Waals surface area contributed by atoms with E-state index in [1.807, 2.05) is 0 Å².